The molecule has 0 saturated heterocycles. The van der Waals surface area contributed by atoms with E-state index in [0.717, 1.165) is 6.42 Å². The third kappa shape index (κ3) is 2.85. The molecule has 0 aliphatic heterocycles. The molecular weight excluding hydrogens is 194 g/mol. The second-order valence-electron chi connectivity index (χ2n) is 4.54. The van der Waals surface area contributed by atoms with E-state index in [1.807, 2.05) is 6.08 Å². The molecule has 0 aromatic heterocycles. The lowest BCUT2D eigenvalue weighted by Crippen LogP contribution is -2.31. The normalized spacial score (nSPS) is 25.0. The van der Waals surface area contributed by atoms with Gasteiger partial charge >= 0.3 is 0 Å². The summed E-state index contributed by atoms with van der Waals surface area (Å²) in [6.45, 7) is 14.6. The molecule has 0 aromatic carbocycles. The Labute approximate surface area is 100 Å². The smallest absolute Gasteiger partial charge is 0.0389 e. The summed E-state index contributed by atoms with van der Waals surface area (Å²) in [5.74, 6) is 0.559. The van der Waals surface area contributed by atoms with Crippen LogP contribution in [0, 0.1) is 5.92 Å². The van der Waals surface area contributed by atoms with Crippen LogP contribution in [-0.4, -0.2) is 12.1 Å². The van der Waals surface area contributed by atoms with Gasteiger partial charge in [0.1, 0.15) is 0 Å². The van der Waals surface area contributed by atoms with Gasteiger partial charge in [0.05, 0.1) is 0 Å². The maximum absolute atomic E-state index is 4.16. The standard InChI is InChI=1S/C15H25N/c1-6-10-12(7-2)14-11(5)15(14)16-13(8-3)9-4/h6,10,13-16H,1,5,7-9H2,2-4H3/b12-10+. The third-order valence-corrected chi connectivity index (χ3v) is 3.56. The summed E-state index contributed by atoms with van der Waals surface area (Å²) >= 11 is 0. The lowest BCUT2D eigenvalue weighted by atomic mass is 10.1. The van der Waals surface area contributed by atoms with Gasteiger partial charge in [0.25, 0.3) is 0 Å². The molecule has 1 aliphatic rings. The van der Waals surface area contributed by atoms with Crippen LogP contribution in [0.15, 0.2) is 36.5 Å². The van der Waals surface area contributed by atoms with Crippen LogP contribution in [0.25, 0.3) is 0 Å². The van der Waals surface area contributed by atoms with Crippen molar-refractivity contribution in [3.63, 3.8) is 0 Å². The van der Waals surface area contributed by atoms with Crippen molar-refractivity contribution >= 4 is 0 Å². The summed E-state index contributed by atoms with van der Waals surface area (Å²) in [5, 5.41) is 3.69. The molecule has 1 saturated carbocycles. The predicted octanol–water partition coefficient (Wildman–Crippen LogP) is 3.84. The average Bonchev–Trinajstić information content (AvgIpc) is 2.93. The van der Waals surface area contributed by atoms with Gasteiger partial charge in [0.2, 0.25) is 0 Å². The van der Waals surface area contributed by atoms with Gasteiger partial charge in [-0.05, 0) is 19.3 Å². The minimum Gasteiger partial charge on any atom is -0.307 e. The fourth-order valence-corrected chi connectivity index (χ4v) is 2.34. The Morgan fingerprint density at radius 1 is 1.38 bits per heavy atom. The van der Waals surface area contributed by atoms with Crippen LogP contribution >= 0.6 is 0 Å². The summed E-state index contributed by atoms with van der Waals surface area (Å²) in [6, 6.07) is 1.14. The van der Waals surface area contributed by atoms with Gasteiger partial charge in [-0.1, -0.05) is 57.2 Å². The molecule has 0 aromatic rings. The van der Waals surface area contributed by atoms with Crippen LogP contribution in [0.2, 0.25) is 0 Å². The van der Waals surface area contributed by atoms with Crippen molar-refractivity contribution in [2.45, 2.75) is 52.1 Å². The Bertz CT molecular complexity index is 284. The Hall–Kier alpha value is -0.820. The molecule has 2 unspecified atom stereocenters. The minimum atomic E-state index is 0.510. The number of allylic oxidation sites excluding steroid dienone is 2. The van der Waals surface area contributed by atoms with Gasteiger partial charge in [0, 0.05) is 18.0 Å². The maximum Gasteiger partial charge on any atom is 0.0389 e. The molecule has 1 aliphatic carbocycles. The van der Waals surface area contributed by atoms with E-state index in [4.69, 9.17) is 0 Å². The highest BCUT2D eigenvalue weighted by atomic mass is 15.0. The Morgan fingerprint density at radius 2 is 2.00 bits per heavy atom. The topological polar surface area (TPSA) is 12.0 Å². The van der Waals surface area contributed by atoms with Crippen LogP contribution in [0.3, 0.4) is 0 Å². The molecule has 1 heteroatoms. The van der Waals surface area contributed by atoms with Crippen molar-refractivity contribution in [1.29, 1.82) is 0 Å². The van der Waals surface area contributed by atoms with Crippen LogP contribution < -0.4 is 5.32 Å². The largest absolute Gasteiger partial charge is 0.307 e. The lowest BCUT2D eigenvalue weighted by Gasteiger charge is -2.14. The van der Waals surface area contributed by atoms with Crippen LogP contribution in [-0.2, 0) is 0 Å². The lowest BCUT2D eigenvalue weighted by molar-refractivity contribution is 0.476. The van der Waals surface area contributed by atoms with Gasteiger partial charge in [-0.2, -0.15) is 0 Å². The molecule has 0 bridgehead atoms. The van der Waals surface area contributed by atoms with Gasteiger partial charge in [-0.25, -0.2) is 0 Å². The van der Waals surface area contributed by atoms with Crippen molar-refractivity contribution in [3.05, 3.63) is 36.5 Å². The van der Waals surface area contributed by atoms with Crippen molar-refractivity contribution in [2.75, 3.05) is 0 Å². The Morgan fingerprint density at radius 3 is 2.44 bits per heavy atom. The van der Waals surface area contributed by atoms with Gasteiger partial charge in [-0.15, -0.1) is 0 Å². The number of hydrogen-bond donors (Lipinski definition) is 1. The average molecular weight is 219 g/mol. The van der Waals surface area contributed by atoms with Gasteiger partial charge in [0.15, 0.2) is 0 Å². The molecule has 0 radical (unpaired) electrons. The number of nitrogens with one attached hydrogen (secondary N) is 1. The Kier molecular flexibility index (Phi) is 5.01. The van der Waals surface area contributed by atoms with Crippen LogP contribution in [0.4, 0.5) is 0 Å². The van der Waals surface area contributed by atoms with Crippen LogP contribution in [0.5, 0.6) is 0 Å². The van der Waals surface area contributed by atoms with Crippen LogP contribution in [0.1, 0.15) is 40.0 Å². The zero-order chi connectivity index (χ0) is 12.1. The highest BCUT2D eigenvalue weighted by Crippen LogP contribution is 2.44. The quantitative estimate of drug-likeness (QED) is 0.507. The summed E-state index contributed by atoms with van der Waals surface area (Å²) in [6.07, 6.45) is 7.51. The van der Waals surface area contributed by atoms with Crippen molar-refractivity contribution in [2.24, 2.45) is 5.92 Å². The van der Waals surface area contributed by atoms with Gasteiger partial charge < -0.3 is 5.32 Å². The summed E-state index contributed by atoms with van der Waals surface area (Å²) in [7, 11) is 0. The summed E-state index contributed by atoms with van der Waals surface area (Å²) < 4.78 is 0. The van der Waals surface area contributed by atoms with Gasteiger partial charge in [-0.3, -0.25) is 0 Å². The first-order valence-electron chi connectivity index (χ1n) is 6.45. The van der Waals surface area contributed by atoms with E-state index in [0.29, 0.717) is 18.0 Å². The molecule has 1 fully saturated rings. The molecule has 90 valence electrons. The highest BCUT2D eigenvalue weighted by Gasteiger charge is 2.44. The molecule has 0 amide bonds. The molecule has 1 nitrogen and oxygen atoms in total. The second kappa shape index (κ2) is 6.05. The molecule has 0 spiro atoms. The zero-order valence-electron chi connectivity index (χ0n) is 10.9. The molecule has 2 atom stereocenters. The SMILES string of the molecule is C=C/C=C(\CC)C1C(=C)C1NC(CC)CC. The Balaban J connectivity index is 2.57. The second-order valence-corrected chi connectivity index (χ2v) is 4.54. The summed E-state index contributed by atoms with van der Waals surface area (Å²) in [5.41, 5.74) is 2.81. The molecule has 1 N–H and O–H groups in total. The van der Waals surface area contributed by atoms with E-state index in [9.17, 15) is 0 Å². The minimum absolute atomic E-state index is 0.510. The maximum atomic E-state index is 4.16. The predicted molar refractivity (Wildman–Crippen MR) is 72.5 cm³/mol. The van der Waals surface area contributed by atoms with E-state index in [2.05, 4.69) is 45.3 Å². The highest BCUT2D eigenvalue weighted by molar-refractivity contribution is 5.43. The summed E-state index contributed by atoms with van der Waals surface area (Å²) in [4.78, 5) is 0. The number of rotatable bonds is 7. The van der Waals surface area contributed by atoms with E-state index in [1.54, 1.807) is 0 Å². The van der Waals surface area contributed by atoms with Crippen molar-refractivity contribution in [3.8, 4) is 0 Å². The third-order valence-electron chi connectivity index (χ3n) is 3.56. The first-order valence-corrected chi connectivity index (χ1v) is 6.45. The van der Waals surface area contributed by atoms with Crippen molar-refractivity contribution in [1.82, 2.24) is 5.32 Å². The fraction of sp³-hybridized carbons (Fsp3) is 0.600. The monoisotopic (exact) mass is 219 g/mol. The molecular formula is C15H25N. The van der Waals surface area contributed by atoms with E-state index < -0.39 is 0 Å². The van der Waals surface area contributed by atoms with Crippen molar-refractivity contribution < 1.29 is 0 Å². The first kappa shape index (κ1) is 13.2. The fourth-order valence-electron chi connectivity index (χ4n) is 2.34. The van der Waals surface area contributed by atoms with E-state index >= 15 is 0 Å². The van der Waals surface area contributed by atoms with E-state index in [1.165, 1.54) is 24.0 Å². The van der Waals surface area contributed by atoms with E-state index in [-0.39, 0.29) is 0 Å². The molecule has 16 heavy (non-hydrogen) atoms. The molecule has 0 heterocycles. The number of hydrogen-bond acceptors (Lipinski definition) is 1. The zero-order valence-corrected chi connectivity index (χ0v) is 10.9. The molecule has 1 rings (SSSR count). The first-order chi connectivity index (χ1) is 7.69.